The normalized spacial score (nSPS) is 12.5. The van der Waals surface area contributed by atoms with Crippen molar-refractivity contribution in [3.63, 3.8) is 0 Å². The fourth-order valence-corrected chi connectivity index (χ4v) is 2.88. The SMILES string of the molecule is CNC(=O)c1sc(-c2ccc3c(c2)OCO3)nc1C. The third-order valence-electron chi connectivity index (χ3n) is 2.85. The van der Waals surface area contributed by atoms with E-state index in [1.165, 1.54) is 11.3 Å². The van der Waals surface area contributed by atoms with E-state index in [9.17, 15) is 4.79 Å². The maximum atomic E-state index is 11.7. The Kier molecular flexibility index (Phi) is 2.87. The number of ether oxygens (including phenoxy) is 2. The molecule has 1 aliphatic heterocycles. The zero-order valence-electron chi connectivity index (χ0n) is 10.5. The van der Waals surface area contributed by atoms with Crippen molar-refractivity contribution >= 4 is 17.2 Å². The van der Waals surface area contributed by atoms with Gasteiger partial charge in [0.15, 0.2) is 11.5 Å². The van der Waals surface area contributed by atoms with Gasteiger partial charge in [-0.25, -0.2) is 4.98 Å². The van der Waals surface area contributed by atoms with Crippen molar-refractivity contribution in [2.75, 3.05) is 13.8 Å². The Balaban J connectivity index is 2.01. The average Bonchev–Trinajstić information content (AvgIpc) is 3.03. The second kappa shape index (κ2) is 4.55. The van der Waals surface area contributed by atoms with E-state index in [0.717, 1.165) is 22.0 Å². The second-order valence-electron chi connectivity index (χ2n) is 4.08. The summed E-state index contributed by atoms with van der Waals surface area (Å²) in [6.45, 7) is 2.08. The molecule has 2 heterocycles. The Morgan fingerprint density at radius 2 is 2.16 bits per heavy atom. The van der Waals surface area contributed by atoms with Crippen molar-refractivity contribution in [2.45, 2.75) is 6.92 Å². The third kappa shape index (κ3) is 2.04. The summed E-state index contributed by atoms with van der Waals surface area (Å²) in [6, 6.07) is 5.65. The van der Waals surface area contributed by atoms with Crippen molar-refractivity contribution in [2.24, 2.45) is 0 Å². The van der Waals surface area contributed by atoms with Crippen molar-refractivity contribution in [3.05, 3.63) is 28.8 Å². The quantitative estimate of drug-likeness (QED) is 0.913. The van der Waals surface area contributed by atoms with Gasteiger partial charge < -0.3 is 14.8 Å². The fourth-order valence-electron chi connectivity index (χ4n) is 1.87. The molecule has 0 spiro atoms. The van der Waals surface area contributed by atoms with E-state index in [2.05, 4.69) is 10.3 Å². The summed E-state index contributed by atoms with van der Waals surface area (Å²) in [5.74, 6) is 1.34. The predicted octanol–water partition coefficient (Wildman–Crippen LogP) is 2.21. The summed E-state index contributed by atoms with van der Waals surface area (Å²) < 4.78 is 10.6. The molecule has 1 aliphatic rings. The lowest BCUT2D eigenvalue weighted by atomic mass is 10.2. The lowest BCUT2D eigenvalue weighted by molar-refractivity contribution is 0.0966. The molecular weight excluding hydrogens is 264 g/mol. The first-order valence-electron chi connectivity index (χ1n) is 5.78. The first kappa shape index (κ1) is 12.0. The van der Waals surface area contributed by atoms with Gasteiger partial charge >= 0.3 is 0 Å². The molecule has 1 N–H and O–H groups in total. The Labute approximate surface area is 114 Å². The van der Waals surface area contributed by atoms with E-state index in [-0.39, 0.29) is 12.7 Å². The highest BCUT2D eigenvalue weighted by Gasteiger charge is 2.18. The molecular formula is C13H12N2O3S. The maximum absolute atomic E-state index is 11.7. The van der Waals surface area contributed by atoms with Crippen LogP contribution < -0.4 is 14.8 Å². The smallest absolute Gasteiger partial charge is 0.263 e. The van der Waals surface area contributed by atoms with Crippen LogP contribution in [0.5, 0.6) is 11.5 Å². The van der Waals surface area contributed by atoms with E-state index in [1.54, 1.807) is 7.05 Å². The third-order valence-corrected chi connectivity index (χ3v) is 4.05. The van der Waals surface area contributed by atoms with Crippen LogP contribution in [0.2, 0.25) is 0 Å². The molecule has 19 heavy (non-hydrogen) atoms. The second-order valence-corrected chi connectivity index (χ2v) is 5.08. The molecule has 2 aromatic rings. The van der Waals surface area contributed by atoms with E-state index in [4.69, 9.17) is 9.47 Å². The van der Waals surface area contributed by atoms with Crippen LogP contribution in [0.15, 0.2) is 18.2 Å². The number of fused-ring (bicyclic) bond motifs is 1. The molecule has 0 aliphatic carbocycles. The number of nitrogens with one attached hydrogen (secondary N) is 1. The van der Waals surface area contributed by atoms with Gasteiger partial charge in [-0.3, -0.25) is 4.79 Å². The molecule has 1 aromatic carbocycles. The molecule has 0 radical (unpaired) electrons. The molecule has 0 saturated heterocycles. The number of carbonyl (C=O) groups excluding carboxylic acids is 1. The van der Waals surface area contributed by atoms with Crippen LogP contribution in [0.4, 0.5) is 0 Å². The van der Waals surface area contributed by atoms with Gasteiger partial charge in [0.25, 0.3) is 5.91 Å². The average molecular weight is 276 g/mol. The molecule has 3 rings (SSSR count). The fraction of sp³-hybridized carbons (Fsp3) is 0.231. The lowest BCUT2D eigenvalue weighted by Gasteiger charge is -1.98. The highest BCUT2D eigenvalue weighted by Crippen LogP contribution is 2.37. The standard InChI is InChI=1S/C13H12N2O3S/c1-7-11(12(16)14-2)19-13(15-7)8-3-4-9-10(5-8)18-6-17-9/h3-5H,6H2,1-2H3,(H,14,16). The van der Waals surface area contributed by atoms with E-state index in [1.807, 2.05) is 25.1 Å². The molecule has 1 amide bonds. The number of rotatable bonds is 2. The van der Waals surface area contributed by atoms with E-state index < -0.39 is 0 Å². The minimum absolute atomic E-state index is 0.109. The van der Waals surface area contributed by atoms with Crippen molar-refractivity contribution in [1.29, 1.82) is 0 Å². The van der Waals surface area contributed by atoms with Gasteiger partial charge in [0.2, 0.25) is 6.79 Å². The molecule has 0 saturated carbocycles. The van der Waals surface area contributed by atoms with Gasteiger partial charge in [0.1, 0.15) is 9.88 Å². The number of thiazole rings is 1. The predicted molar refractivity (Wildman–Crippen MR) is 71.8 cm³/mol. The Morgan fingerprint density at radius 3 is 2.95 bits per heavy atom. The van der Waals surface area contributed by atoms with Gasteiger partial charge in [-0.15, -0.1) is 11.3 Å². The summed E-state index contributed by atoms with van der Waals surface area (Å²) >= 11 is 1.37. The zero-order valence-corrected chi connectivity index (χ0v) is 11.3. The minimum Gasteiger partial charge on any atom is -0.454 e. The molecule has 5 nitrogen and oxygen atoms in total. The van der Waals surface area contributed by atoms with Crippen LogP contribution in [0.25, 0.3) is 10.6 Å². The van der Waals surface area contributed by atoms with E-state index in [0.29, 0.717) is 10.6 Å². The summed E-state index contributed by atoms with van der Waals surface area (Å²) in [5.41, 5.74) is 1.66. The summed E-state index contributed by atoms with van der Waals surface area (Å²) in [4.78, 5) is 16.8. The van der Waals surface area contributed by atoms with Crippen LogP contribution in [0.3, 0.4) is 0 Å². The summed E-state index contributed by atoms with van der Waals surface area (Å²) in [5, 5.41) is 3.42. The van der Waals surface area contributed by atoms with Crippen molar-refractivity contribution < 1.29 is 14.3 Å². The van der Waals surface area contributed by atoms with Crippen molar-refractivity contribution in [1.82, 2.24) is 10.3 Å². The van der Waals surface area contributed by atoms with E-state index >= 15 is 0 Å². The number of benzene rings is 1. The number of hydrogen-bond acceptors (Lipinski definition) is 5. The molecule has 0 atom stereocenters. The van der Waals surface area contributed by atoms with Gasteiger partial charge in [-0.1, -0.05) is 0 Å². The Morgan fingerprint density at radius 1 is 1.37 bits per heavy atom. The summed E-state index contributed by atoms with van der Waals surface area (Å²) in [7, 11) is 1.61. The van der Waals surface area contributed by atoms with Gasteiger partial charge in [-0.2, -0.15) is 0 Å². The van der Waals surface area contributed by atoms with Gasteiger partial charge in [-0.05, 0) is 25.1 Å². The first-order chi connectivity index (χ1) is 9.19. The molecule has 0 unspecified atom stereocenters. The minimum atomic E-state index is -0.109. The monoisotopic (exact) mass is 276 g/mol. The van der Waals surface area contributed by atoms with Crippen LogP contribution in [0, 0.1) is 6.92 Å². The molecule has 0 fully saturated rings. The maximum Gasteiger partial charge on any atom is 0.263 e. The molecule has 1 aromatic heterocycles. The number of carbonyl (C=O) groups is 1. The molecule has 98 valence electrons. The highest BCUT2D eigenvalue weighted by molar-refractivity contribution is 7.17. The van der Waals surface area contributed by atoms with Gasteiger partial charge in [0.05, 0.1) is 5.69 Å². The number of hydrogen-bond donors (Lipinski definition) is 1. The lowest BCUT2D eigenvalue weighted by Crippen LogP contribution is -2.17. The van der Waals surface area contributed by atoms with Crippen molar-refractivity contribution in [3.8, 4) is 22.1 Å². The Bertz CT molecular complexity index is 651. The zero-order chi connectivity index (χ0) is 13.4. The summed E-state index contributed by atoms with van der Waals surface area (Å²) in [6.07, 6.45) is 0. The number of nitrogens with zero attached hydrogens (tertiary/aromatic N) is 1. The van der Waals surface area contributed by atoms with Crippen LogP contribution in [-0.2, 0) is 0 Å². The highest BCUT2D eigenvalue weighted by atomic mass is 32.1. The Hall–Kier alpha value is -2.08. The molecule has 6 heteroatoms. The molecule has 0 bridgehead atoms. The topological polar surface area (TPSA) is 60.5 Å². The van der Waals surface area contributed by atoms with Crippen LogP contribution >= 0.6 is 11.3 Å². The number of aryl methyl sites for hydroxylation is 1. The number of amides is 1. The van der Waals surface area contributed by atoms with Gasteiger partial charge in [0, 0.05) is 12.6 Å². The first-order valence-corrected chi connectivity index (χ1v) is 6.60. The van der Waals surface area contributed by atoms with Crippen LogP contribution in [-0.4, -0.2) is 24.7 Å². The number of aromatic nitrogens is 1. The van der Waals surface area contributed by atoms with Crippen LogP contribution in [0.1, 0.15) is 15.4 Å². The largest absolute Gasteiger partial charge is 0.454 e.